The number of hydrogen-bond donors (Lipinski definition) is 1. The number of hydrogen-bond acceptors (Lipinski definition) is 7. The van der Waals surface area contributed by atoms with Crippen LogP contribution in [0.2, 0.25) is 0 Å². The Balaban J connectivity index is 2.14. The smallest absolute Gasteiger partial charge is 0.176 e. The molecule has 2 aromatic rings. The largest absolute Gasteiger partial charge is 0.323 e. The van der Waals surface area contributed by atoms with Crippen molar-refractivity contribution in [1.29, 1.82) is 0 Å². The fourth-order valence-corrected chi connectivity index (χ4v) is 2.36. The summed E-state index contributed by atoms with van der Waals surface area (Å²) in [5, 5.41) is 15.9. The number of tetrazole rings is 1. The van der Waals surface area contributed by atoms with E-state index in [0.717, 1.165) is 10.6 Å². The van der Waals surface area contributed by atoms with Crippen molar-refractivity contribution in [3.63, 3.8) is 0 Å². The summed E-state index contributed by atoms with van der Waals surface area (Å²) in [6.07, 6.45) is 0.553. The van der Waals surface area contributed by atoms with Crippen molar-refractivity contribution in [2.45, 2.75) is 32.2 Å². The van der Waals surface area contributed by atoms with Crippen molar-refractivity contribution in [3.05, 3.63) is 16.4 Å². The molecule has 7 nitrogen and oxygen atoms in total. The number of nitrogens with two attached hydrogens (primary N) is 1. The topological polar surface area (TPSA) is 95.4 Å². The van der Waals surface area contributed by atoms with Gasteiger partial charge in [-0.25, -0.2) is 0 Å². The summed E-state index contributed by atoms with van der Waals surface area (Å²) in [5.41, 5.74) is 7.10. The Morgan fingerprint density at radius 3 is 2.71 bits per heavy atom. The summed E-state index contributed by atoms with van der Waals surface area (Å²) in [5.74, 6) is 0.965. The van der Waals surface area contributed by atoms with Crippen LogP contribution in [-0.4, -0.2) is 29.8 Å². The summed E-state index contributed by atoms with van der Waals surface area (Å²) >= 11 is 1.34. The number of aryl methyl sites for hydroxylation is 1. The third-order valence-corrected chi connectivity index (χ3v) is 3.25. The third-order valence-electron chi connectivity index (χ3n) is 2.38. The van der Waals surface area contributed by atoms with Gasteiger partial charge in [0.1, 0.15) is 0 Å². The molecule has 0 aliphatic carbocycles. The van der Waals surface area contributed by atoms with Crippen LogP contribution in [0, 0.1) is 0 Å². The molecule has 0 aliphatic heterocycles. The fourth-order valence-electron chi connectivity index (χ4n) is 1.56. The summed E-state index contributed by atoms with van der Waals surface area (Å²) in [6.45, 7) is 4.15. The Labute approximate surface area is 103 Å². The Hall–Kier alpha value is -1.41. The lowest BCUT2D eigenvalue weighted by atomic mass is 10.0. The van der Waals surface area contributed by atoms with Crippen molar-refractivity contribution >= 4 is 11.5 Å². The lowest BCUT2D eigenvalue weighted by molar-refractivity contribution is 0.622. The van der Waals surface area contributed by atoms with Crippen molar-refractivity contribution in [3.8, 4) is 0 Å². The molecule has 0 fully saturated rings. The summed E-state index contributed by atoms with van der Waals surface area (Å²) in [4.78, 5) is 2.43. The van der Waals surface area contributed by atoms with Gasteiger partial charge in [-0.05, 0) is 22.7 Å². The maximum absolute atomic E-state index is 6.13. The minimum atomic E-state index is -0.170. The highest BCUT2D eigenvalue weighted by Gasteiger charge is 2.19. The molecule has 2 heterocycles. The van der Waals surface area contributed by atoms with Crippen molar-refractivity contribution in [2.75, 3.05) is 0 Å². The predicted molar refractivity (Wildman–Crippen MR) is 63.4 cm³/mol. The van der Waals surface area contributed by atoms with Gasteiger partial charge in [-0.1, -0.05) is 18.3 Å². The van der Waals surface area contributed by atoms with Crippen LogP contribution < -0.4 is 5.73 Å². The third kappa shape index (κ3) is 2.64. The standard InChI is InChI=1S/C9H15N7S/c1-5(2)8-9(17-15-12-8)6(10)4-7-11-14-16(3)13-7/h5-6H,4,10H2,1-3H3. The van der Waals surface area contributed by atoms with E-state index in [2.05, 4.69) is 38.8 Å². The molecule has 0 bridgehead atoms. The van der Waals surface area contributed by atoms with Gasteiger partial charge in [-0.15, -0.1) is 15.3 Å². The van der Waals surface area contributed by atoms with E-state index >= 15 is 0 Å². The van der Waals surface area contributed by atoms with Crippen LogP contribution in [-0.2, 0) is 13.5 Å². The highest BCUT2D eigenvalue weighted by Crippen LogP contribution is 2.26. The second kappa shape index (κ2) is 4.84. The van der Waals surface area contributed by atoms with Crippen molar-refractivity contribution in [1.82, 2.24) is 29.8 Å². The SMILES string of the molecule is CC(C)c1nnsc1C(N)Cc1nnn(C)n1. The normalized spacial score (nSPS) is 13.2. The first kappa shape index (κ1) is 12.1. The molecule has 1 atom stereocenters. The van der Waals surface area contributed by atoms with Gasteiger partial charge < -0.3 is 5.73 Å². The van der Waals surface area contributed by atoms with E-state index in [1.807, 2.05) is 0 Å². The molecule has 0 aliphatic rings. The van der Waals surface area contributed by atoms with Crippen molar-refractivity contribution in [2.24, 2.45) is 12.8 Å². The average molecular weight is 253 g/mol. The monoisotopic (exact) mass is 253 g/mol. The average Bonchev–Trinajstić information content (AvgIpc) is 2.86. The van der Waals surface area contributed by atoms with Crippen molar-refractivity contribution < 1.29 is 0 Å². The zero-order chi connectivity index (χ0) is 12.4. The van der Waals surface area contributed by atoms with E-state index < -0.39 is 0 Å². The molecule has 0 saturated heterocycles. The summed E-state index contributed by atoms with van der Waals surface area (Å²) in [7, 11) is 1.73. The molecule has 0 amide bonds. The van der Waals surface area contributed by atoms with Crippen LogP contribution in [0.3, 0.4) is 0 Å². The van der Waals surface area contributed by atoms with E-state index in [9.17, 15) is 0 Å². The molecular formula is C9H15N7S. The molecule has 1 unspecified atom stereocenters. The second-order valence-electron chi connectivity index (χ2n) is 4.18. The van der Waals surface area contributed by atoms with E-state index in [4.69, 9.17) is 5.73 Å². The fraction of sp³-hybridized carbons (Fsp3) is 0.667. The van der Waals surface area contributed by atoms with Crippen LogP contribution in [0.25, 0.3) is 0 Å². The summed E-state index contributed by atoms with van der Waals surface area (Å²) in [6, 6.07) is -0.170. The lowest BCUT2D eigenvalue weighted by Gasteiger charge is -2.09. The zero-order valence-electron chi connectivity index (χ0n) is 10.0. The molecule has 2 N–H and O–H groups in total. The van der Waals surface area contributed by atoms with Crippen LogP contribution >= 0.6 is 11.5 Å². The van der Waals surface area contributed by atoms with E-state index in [0.29, 0.717) is 18.2 Å². The van der Waals surface area contributed by atoms with Crippen LogP contribution in [0.15, 0.2) is 0 Å². The van der Waals surface area contributed by atoms with Gasteiger partial charge >= 0.3 is 0 Å². The molecule has 92 valence electrons. The molecule has 17 heavy (non-hydrogen) atoms. The maximum Gasteiger partial charge on any atom is 0.176 e. The Morgan fingerprint density at radius 2 is 2.12 bits per heavy atom. The first-order valence-corrected chi connectivity index (χ1v) is 6.16. The van der Waals surface area contributed by atoms with Gasteiger partial charge in [0.25, 0.3) is 0 Å². The minimum absolute atomic E-state index is 0.170. The number of aromatic nitrogens is 6. The first-order valence-electron chi connectivity index (χ1n) is 5.38. The van der Waals surface area contributed by atoms with Crippen LogP contribution in [0.4, 0.5) is 0 Å². The summed E-state index contributed by atoms with van der Waals surface area (Å²) < 4.78 is 3.96. The quantitative estimate of drug-likeness (QED) is 0.848. The van der Waals surface area contributed by atoms with Gasteiger partial charge in [0.05, 0.1) is 17.6 Å². The molecule has 2 rings (SSSR count). The lowest BCUT2D eigenvalue weighted by Crippen LogP contribution is -2.15. The van der Waals surface area contributed by atoms with Gasteiger partial charge in [0.2, 0.25) is 0 Å². The molecule has 2 aromatic heterocycles. The molecule has 0 saturated carbocycles. The molecular weight excluding hydrogens is 238 g/mol. The van der Waals surface area contributed by atoms with Gasteiger partial charge in [-0.3, -0.25) is 0 Å². The first-order chi connectivity index (χ1) is 8.08. The van der Waals surface area contributed by atoms with Crippen LogP contribution in [0.1, 0.15) is 42.2 Å². The Bertz CT molecular complexity index is 489. The Morgan fingerprint density at radius 1 is 1.35 bits per heavy atom. The Kier molecular flexibility index (Phi) is 3.43. The van der Waals surface area contributed by atoms with Gasteiger partial charge in [0, 0.05) is 12.5 Å². The number of nitrogens with zero attached hydrogens (tertiary/aromatic N) is 6. The van der Waals surface area contributed by atoms with E-state index in [-0.39, 0.29) is 6.04 Å². The highest BCUT2D eigenvalue weighted by molar-refractivity contribution is 7.05. The van der Waals surface area contributed by atoms with Crippen LogP contribution in [0.5, 0.6) is 0 Å². The molecule has 0 spiro atoms. The molecule has 8 heteroatoms. The van der Waals surface area contributed by atoms with E-state index in [1.165, 1.54) is 16.3 Å². The molecule has 0 radical (unpaired) electrons. The second-order valence-corrected chi connectivity index (χ2v) is 4.97. The zero-order valence-corrected chi connectivity index (χ0v) is 10.8. The predicted octanol–water partition coefficient (Wildman–Crippen LogP) is 0.427. The highest BCUT2D eigenvalue weighted by atomic mass is 32.1. The van der Waals surface area contributed by atoms with Gasteiger partial charge in [0.15, 0.2) is 5.82 Å². The van der Waals surface area contributed by atoms with E-state index in [1.54, 1.807) is 7.05 Å². The minimum Gasteiger partial charge on any atom is -0.323 e. The van der Waals surface area contributed by atoms with Gasteiger partial charge in [-0.2, -0.15) is 4.80 Å². The number of rotatable bonds is 4. The molecule has 0 aromatic carbocycles. The maximum atomic E-state index is 6.13.